The molecule has 0 amide bonds. The summed E-state index contributed by atoms with van der Waals surface area (Å²) >= 11 is 0. The summed E-state index contributed by atoms with van der Waals surface area (Å²) in [5.74, 6) is -0.863. The third-order valence-corrected chi connectivity index (χ3v) is 3.94. The Morgan fingerprint density at radius 1 is 1.33 bits per heavy atom. The van der Waals surface area contributed by atoms with Crippen LogP contribution in [0.2, 0.25) is 0 Å². The average Bonchev–Trinajstić information content (AvgIpc) is 2.76. The van der Waals surface area contributed by atoms with E-state index in [1.165, 1.54) is 18.2 Å². The number of hydrogen-bond acceptors (Lipinski definition) is 5. The number of aromatic nitrogens is 2. The van der Waals surface area contributed by atoms with Crippen LogP contribution in [-0.2, 0) is 22.0 Å². The van der Waals surface area contributed by atoms with Crippen molar-refractivity contribution in [3.05, 3.63) is 41.8 Å². The molecule has 7 heteroatoms. The summed E-state index contributed by atoms with van der Waals surface area (Å²) in [7, 11) is -3.80. The lowest BCUT2D eigenvalue weighted by Gasteiger charge is -2.02. The largest absolute Gasteiger partial charge is 0.339 e. The molecule has 0 saturated carbocycles. The van der Waals surface area contributed by atoms with Gasteiger partial charge in [0.2, 0.25) is 5.89 Å². The van der Waals surface area contributed by atoms with Gasteiger partial charge in [0, 0.05) is 6.42 Å². The molecule has 0 fully saturated rings. The van der Waals surface area contributed by atoms with Crippen LogP contribution >= 0.6 is 0 Å². The molecule has 2 rings (SSSR count). The summed E-state index contributed by atoms with van der Waals surface area (Å²) in [5, 5.41) is 3.54. The van der Waals surface area contributed by atoms with Crippen molar-refractivity contribution in [2.75, 3.05) is 0 Å². The third-order valence-electron chi connectivity index (χ3n) is 2.30. The number of rotatable bonds is 4. The summed E-state index contributed by atoms with van der Waals surface area (Å²) in [6, 6.07) is 5.20. The van der Waals surface area contributed by atoms with E-state index in [0.29, 0.717) is 12.3 Å². The molecule has 0 aliphatic rings. The molecule has 2 aromatic rings. The Labute approximate surface area is 104 Å². The van der Waals surface area contributed by atoms with Gasteiger partial charge in [0.15, 0.2) is 15.7 Å². The molecule has 0 N–H and O–H groups in total. The summed E-state index contributed by atoms with van der Waals surface area (Å²) in [6.07, 6.45) is 0.521. The number of nitrogens with zero attached hydrogens (tertiary/aromatic N) is 2. The highest BCUT2D eigenvalue weighted by atomic mass is 32.2. The van der Waals surface area contributed by atoms with E-state index in [9.17, 15) is 12.8 Å². The fourth-order valence-corrected chi connectivity index (χ4v) is 2.70. The van der Waals surface area contributed by atoms with Gasteiger partial charge in [-0.1, -0.05) is 24.2 Å². The highest BCUT2D eigenvalue weighted by Crippen LogP contribution is 2.18. The third kappa shape index (κ3) is 2.56. The molecule has 0 saturated heterocycles. The first-order valence-electron chi connectivity index (χ1n) is 5.31. The van der Waals surface area contributed by atoms with Gasteiger partial charge in [0.1, 0.15) is 16.5 Å². The molecule has 1 heterocycles. The first kappa shape index (κ1) is 12.7. The molecule has 0 radical (unpaired) electrons. The van der Waals surface area contributed by atoms with Crippen molar-refractivity contribution in [1.82, 2.24) is 10.1 Å². The van der Waals surface area contributed by atoms with Gasteiger partial charge in [-0.15, -0.1) is 0 Å². The van der Waals surface area contributed by atoms with Crippen LogP contribution in [0.25, 0.3) is 0 Å². The molecule has 0 aliphatic heterocycles. The molecule has 0 bridgehead atoms. The van der Waals surface area contributed by atoms with Crippen molar-refractivity contribution in [3.63, 3.8) is 0 Å². The van der Waals surface area contributed by atoms with E-state index in [2.05, 4.69) is 10.1 Å². The molecule has 18 heavy (non-hydrogen) atoms. The molecular formula is C11H11FN2O3S. The van der Waals surface area contributed by atoms with E-state index in [0.717, 1.165) is 6.07 Å². The lowest BCUT2D eigenvalue weighted by atomic mass is 10.3. The SMILES string of the molecule is CCc1nc(CS(=O)(=O)c2ccccc2F)no1. The lowest BCUT2D eigenvalue weighted by molar-refractivity contribution is 0.378. The van der Waals surface area contributed by atoms with Crippen LogP contribution in [0.15, 0.2) is 33.7 Å². The van der Waals surface area contributed by atoms with Crippen molar-refractivity contribution in [2.24, 2.45) is 0 Å². The van der Waals surface area contributed by atoms with E-state index in [4.69, 9.17) is 4.52 Å². The van der Waals surface area contributed by atoms with Gasteiger partial charge in [0.25, 0.3) is 0 Å². The minimum Gasteiger partial charge on any atom is -0.339 e. The van der Waals surface area contributed by atoms with E-state index in [1.54, 1.807) is 0 Å². The average molecular weight is 270 g/mol. The number of sulfone groups is 1. The van der Waals surface area contributed by atoms with Crippen LogP contribution in [0.3, 0.4) is 0 Å². The predicted molar refractivity (Wildman–Crippen MR) is 61.0 cm³/mol. The van der Waals surface area contributed by atoms with E-state index in [1.807, 2.05) is 6.92 Å². The van der Waals surface area contributed by atoms with Gasteiger partial charge in [-0.2, -0.15) is 4.98 Å². The van der Waals surface area contributed by atoms with Crippen LogP contribution < -0.4 is 0 Å². The Balaban J connectivity index is 2.30. The van der Waals surface area contributed by atoms with Gasteiger partial charge in [-0.3, -0.25) is 0 Å². The van der Waals surface area contributed by atoms with E-state index >= 15 is 0 Å². The summed E-state index contributed by atoms with van der Waals surface area (Å²) in [4.78, 5) is 3.54. The standard InChI is InChI=1S/C11H11FN2O3S/c1-2-11-13-10(14-17-11)7-18(15,16)9-6-4-3-5-8(9)12/h3-6H,2,7H2,1H3. The zero-order chi connectivity index (χ0) is 13.2. The first-order valence-corrected chi connectivity index (χ1v) is 6.97. The zero-order valence-corrected chi connectivity index (χ0v) is 10.4. The maximum absolute atomic E-state index is 13.4. The van der Waals surface area contributed by atoms with Crippen molar-refractivity contribution in [1.29, 1.82) is 0 Å². The molecule has 5 nitrogen and oxygen atoms in total. The van der Waals surface area contributed by atoms with Gasteiger partial charge in [-0.05, 0) is 12.1 Å². The van der Waals surface area contributed by atoms with Crippen LogP contribution in [-0.4, -0.2) is 18.6 Å². The van der Waals surface area contributed by atoms with E-state index in [-0.39, 0.29) is 10.7 Å². The molecule has 1 aromatic heterocycles. The quantitative estimate of drug-likeness (QED) is 0.846. The maximum atomic E-state index is 13.4. The van der Waals surface area contributed by atoms with Crippen LogP contribution in [0.4, 0.5) is 4.39 Å². The molecule has 96 valence electrons. The van der Waals surface area contributed by atoms with E-state index < -0.39 is 21.4 Å². The van der Waals surface area contributed by atoms with Crippen LogP contribution in [0.1, 0.15) is 18.6 Å². The topological polar surface area (TPSA) is 73.1 Å². The minimum absolute atomic E-state index is 0.0371. The van der Waals surface area contributed by atoms with Gasteiger partial charge in [-0.25, -0.2) is 12.8 Å². The Kier molecular flexibility index (Phi) is 3.42. The first-order chi connectivity index (χ1) is 8.53. The van der Waals surface area contributed by atoms with Crippen molar-refractivity contribution in [3.8, 4) is 0 Å². The Bertz CT molecular complexity index is 652. The van der Waals surface area contributed by atoms with Crippen molar-refractivity contribution >= 4 is 9.84 Å². The minimum atomic E-state index is -3.80. The molecular weight excluding hydrogens is 259 g/mol. The van der Waals surface area contributed by atoms with Gasteiger partial charge in [0.05, 0.1) is 0 Å². The molecule has 0 spiro atoms. The summed E-state index contributed by atoms with van der Waals surface area (Å²) in [6.45, 7) is 1.81. The van der Waals surface area contributed by atoms with Crippen LogP contribution in [0.5, 0.6) is 0 Å². The Hall–Kier alpha value is -1.76. The second kappa shape index (κ2) is 4.85. The predicted octanol–water partition coefficient (Wildman–Crippen LogP) is 1.74. The van der Waals surface area contributed by atoms with Gasteiger partial charge < -0.3 is 4.52 Å². The Morgan fingerprint density at radius 2 is 2.06 bits per heavy atom. The zero-order valence-electron chi connectivity index (χ0n) is 9.63. The maximum Gasteiger partial charge on any atom is 0.226 e. The summed E-state index contributed by atoms with van der Waals surface area (Å²) in [5.41, 5.74) is 0. The van der Waals surface area contributed by atoms with Crippen LogP contribution in [0, 0.1) is 5.82 Å². The fourth-order valence-electron chi connectivity index (χ4n) is 1.44. The molecule has 0 aliphatic carbocycles. The second-order valence-electron chi connectivity index (χ2n) is 3.65. The highest BCUT2D eigenvalue weighted by molar-refractivity contribution is 7.90. The smallest absolute Gasteiger partial charge is 0.226 e. The lowest BCUT2D eigenvalue weighted by Crippen LogP contribution is -2.08. The molecule has 0 atom stereocenters. The number of hydrogen-bond donors (Lipinski definition) is 0. The van der Waals surface area contributed by atoms with Crippen molar-refractivity contribution < 1.29 is 17.3 Å². The highest BCUT2D eigenvalue weighted by Gasteiger charge is 2.22. The van der Waals surface area contributed by atoms with Gasteiger partial charge >= 0.3 is 0 Å². The normalized spacial score (nSPS) is 11.7. The second-order valence-corrected chi connectivity index (χ2v) is 5.61. The van der Waals surface area contributed by atoms with Crippen molar-refractivity contribution in [2.45, 2.75) is 24.0 Å². The summed E-state index contributed by atoms with van der Waals surface area (Å²) < 4.78 is 42.1. The fraction of sp³-hybridized carbons (Fsp3) is 0.273. The number of halogens is 1. The molecule has 1 aromatic carbocycles. The Morgan fingerprint density at radius 3 is 2.67 bits per heavy atom. The monoisotopic (exact) mass is 270 g/mol. The number of aryl methyl sites for hydroxylation is 1. The molecule has 0 unspecified atom stereocenters. The number of benzene rings is 1.